The van der Waals surface area contributed by atoms with Gasteiger partial charge < -0.3 is 20.1 Å². The van der Waals surface area contributed by atoms with Gasteiger partial charge in [-0.2, -0.15) is 10.2 Å². The maximum Gasteiger partial charge on any atom is 0.223 e. The van der Waals surface area contributed by atoms with Crippen molar-refractivity contribution >= 4 is 35.6 Å². The van der Waals surface area contributed by atoms with Gasteiger partial charge in [0.1, 0.15) is 6.07 Å². The molecule has 144 valence electrons. The Morgan fingerprint density at radius 2 is 2.26 bits per heavy atom. The third kappa shape index (κ3) is 5.56. The number of nitrogens with one attached hydrogen (secondary N) is 2. The molecule has 1 unspecified atom stereocenters. The Balaban J connectivity index is 0.00000261. The maximum absolute atomic E-state index is 9.34. The van der Waals surface area contributed by atoms with Crippen LogP contribution in [0.15, 0.2) is 33.8 Å². The number of hydrogen-bond acceptors (Lipinski definition) is 6. The number of benzene rings is 1. The van der Waals surface area contributed by atoms with Crippen LogP contribution in [0.2, 0.25) is 0 Å². The summed E-state index contributed by atoms with van der Waals surface area (Å²) in [5.74, 6) is 1.84. The molecule has 2 aromatic rings. The van der Waals surface area contributed by atoms with Crippen molar-refractivity contribution in [2.75, 3.05) is 25.0 Å². The molecule has 1 aliphatic heterocycles. The first-order valence-corrected chi connectivity index (χ1v) is 8.70. The van der Waals surface area contributed by atoms with Gasteiger partial charge in [-0.05, 0) is 25.0 Å². The van der Waals surface area contributed by atoms with Crippen LogP contribution in [0.4, 0.5) is 5.69 Å². The average molecular weight is 481 g/mol. The summed E-state index contributed by atoms with van der Waals surface area (Å²) in [4.78, 5) is 10.7. The molecule has 1 aromatic heterocycles. The molecule has 1 aliphatic rings. The third-order valence-corrected chi connectivity index (χ3v) is 4.33. The number of aromatic nitrogens is 2. The van der Waals surface area contributed by atoms with E-state index in [1.807, 2.05) is 24.3 Å². The highest BCUT2D eigenvalue weighted by Gasteiger charge is 2.22. The largest absolute Gasteiger partial charge is 0.368 e. The fourth-order valence-electron chi connectivity index (χ4n) is 3.12. The number of anilines is 1. The zero-order valence-corrected chi connectivity index (χ0v) is 17.8. The van der Waals surface area contributed by atoms with Crippen molar-refractivity contribution in [2.24, 2.45) is 4.99 Å². The van der Waals surface area contributed by atoms with Crippen LogP contribution in [-0.2, 0) is 6.54 Å². The normalized spacial score (nSPS) is 17.0. The summed E-state index contributed by atoms with van der Waals surface area (Å²) in [5, 5.41) is 19.9. The van der Waals surface area contributed by atoms with Gasteiger partial charge in [-0.1, -0.05) is 17.3 Å². The van der Waals surface area contributed by atoms with Crippen LogP contribution >= 0.6 is 24.0 Å². The lowest BCUT2D eigenvalue weighted by atomic mass is 10.0. The molecule has 3 rings (SSSR count). The summed E-state index contributed by atoms with van der Waals surface area (Å²) >= 11 is 0. The topological polar surface area (TPSA) is 102 Å². The van der Waals surface area contributed by atoms with E-state index in [4.69, 9.17) is 4.52 Å². The molecule has 0 radical (unpaired) electrons. The van der Waals surface area contributed by atoms with Crippen LogP contribution in [0.3, 0.4) is 0 Å². The van der Waals surface area contributed by atoms with Gasteiger partial charge in [0, 0.05) is 33.1 Å². The second kappa shape index (κ2) is 10.1. The van der Waals surface area contributed by atoms with Gasteiger partial charge in [0.05, 0.1) is 17.8 Å². The molecule has 0 amide bonds. The van der Waals surface area contributed by atoms with Crippen molar-refractivity contribution in [1.82, 2.24) is 20.8 Å². The van der Waals surface area contributed by atoms with E-state index in [2.05, 4.69) is 36.7 Å². The van der Waals surface area contributed by atoms with Gasteiger partial charge in [0.2, 0.25) is 5.89 Å². The average Bonchev–Trinajstić information content (AvgIpc) is 3.10. The first-order valence-electron chi connectivity index (χ1n) is 8.70. The van der Waals surface area contributed by atoms with E-state index in [1.165, 1.54) is 0 Å². The lowest BCUT2D eigenvalue weighted by Gasteiger charge is -2.35. The SMILES string of the molecule is CN=C(NCc1noc(C)n1)NC1CCCN(c2ccccc2C#N)C1.I. The second-order valence-electron chi connectivity index (χ2n) is 6.21. The quantitative estimate of drug-likeness (QED) is 0.392. The smallest absolute Gasteiger partial charge is 0.223 e. The Morgan fingerprint density at radius 1 is 1.44 bits per heavy atom. The predicted octanol–water partition coefficient (Wildman–Crippen LogP) is 2.20. The first kappa shape index (κ1) is 21.0. The molecule has 27 heavy (non-hydrogen) atoms. The number of nitriles is 1. The Labute approximate surface area is 176 Å². The van der Waals surface area contributed by atoms with Gasteiger partial charge in [0.25, 0.3) is 0 Å². The Kier molecular flexibility index (Phi) is 7.84. The van der Waals surface area contributed by atoms with Crippen LogP contribution < -0.4 is 15.5 Å². The predicted molar refractivity (Wildman–Crippen MR) is 114 cm³/mol. The third-order valence-electron chi connectivity index (χ3n) is 4.33. The van der Waals surface area contributed by atoms with E-state index in [-0.39, 0.29) is 30.0 Å². The molecule has 9 heteroatoms. The van der Waals surface area contributed by atoms with E-state index in [9.17, 15) is 5.26 Å². The Bertz CT molecular complexity index is 814. The Morgan fingerprint density at radius 3 is 2.96 bits per heavy atom. The summed E-state index contributed by atoms with van der Waals surface area (Å²) in [6, 6.07) is 10.3. The summed E-state index contributed by atoms with van der Waals surface area (Å²) in [7, 11) is 1.74. The molecule has 0 aliphatic carbocycles. The number of guanidine groups is 1. The number of halogens is 1. The van der Waals surface area contributed by atoms with Gasteiger partial charge >= 0.3 is 0 Å². The van der Waals surface area contributed by atoms with Crippen LogP contribution in [0, 0.1) is 18.3 Å². The summed E-state index contributed by atoms with van der Waals surface area (Å²) in [6.45, 7) is 3.98. The molecule has 1 atom stereocenters. The monoisotopic (exact) mass is 481 g/mol. The fraction of sp³-hybridized carbons (Fsp3) is 0.444. The summed E-state index contributed by atoms with van der Waals surface area (Å²) in [5.41, 5.74) is 1.70. The van der Waals surface area contributed by atoms with Crippen LogP contribution in [0.5, 0.6) is 0 Å². The molecule has 2 heterocycles. The number of aryl methyl sites for hydroxylation is 1. The minimum Gasteiger partial charge on any atom is -0.368 e. The first-order chi connectivity index (χ1) is 12.7. The number of aliphatic imine (C=N–C) groups is 1. The Hall–Kier alpha value is -2.35. The van der Waals surface area contributed by atoms with Crippen molar-refractivity contribution in [1.29, 1.82) is 5.26 Å². The van der Waals surface area contributed by atoms with E-state index in [0.717, 1.165) is 31.6 Å². The molecule has 1 fully saturated rings. The zero-order valence-electron chi connectivity index (χ0n) is 15.5. The molecular weight excluding hydrogens is 457 g/mol. The van der Waals surface area contributed by atoms with Gasteiger partial charge in [-0.15, -0.1) is 24.0 Å². The molecule has 2 N–H and O–H groups in total. The molecule has 8 nitrogen and oxygen atoms in total. The van der Waals surface area contributed by atoms with Crippen molar-refractivity contribution < 1.29 is 4.52 Å². The van der Waals surface area contributed by atoms with Crippen molar-refractivity contribution in [3.8, 4) is 6.07 Å². The standard InChI is InChI=1S/C18H23N7O.HI/c1-13-22-17(24-26-13)11-21-18(20-2)23-15-7-5-9-25(12-15)16-8-4-3-6-14(16)10-19;/h3-4,6,8,15H,5,7,9,11-12H2,1-2H3,(H2,20,21,23);1H. The summed E-state index contributed by atoms with van der Waals surface area (Å²) in [6.07, 6.45) is 2.10. The lowest BCUT2D eigenvalue weighted by molar-refractivity contribution is 0.386. The van der Waals surface area contributed by atoms with Crippen LogP contribution in [0.25, 0.3) is 0 Å². The van der Waals surface area contributed by atoms with Gasteiger partial charge in [0.15, 0.2) is 11.8 Å². The van der Waals surface area contributed by atoms with Gasteiger partial charge in [-0.25, -0.2) is 0 Å². The van der Waals surface area contributed by atoms with Crippen LogP contribution in [0.1, 0.15) is 30.1 Å². The fourth-order valence-corrected chi connectivity index (χ4v) is 3.12. The molecular formula is C18H24IN7O. The molecule has 1 aromatic carbocycles. The van der Waals surface area contributed by atoms with Crippen molar-refractivity contribution in [2.45, 2.75) is 32.4 Å². The summed E-state index contributed by atoms with van der Waals surface area (Å²) < 4.78 is 4.97. The second-order valence-corrected chi connectivity index (χ2v) is 6.21. The minimum atomic E-state index is 0. The minimum absolute atomic E-state index is 0. The van der Waals surface area contributed by atoms with Crippen molar-refractivity contribution in [3.05, 3.63) is 41.5 Å². The highest BCUT2D eigenvalue weighted by atomic mass is 127. The molecule has 0 saturated carbocycles. The number of para-hydroxylation sites is 1. The number of nitrogens with zero attached hydrogens (tertiary/aromatic N) is 5. The highest BCUT2D eigenvalue weighted by molar-refractivity contribution is 14.0. The molecule has 1 saturated heterocycles. The lowest BCUT2D eigenvalue weighted by Crippen LogP contribution is -2.51. The number of hydrogen-bond donors (Lipinski definition) is 2. The van der Waals surface area contributed by atoms with E-state index >= 15 is 0 Å². The van der Waals surface area contributed by atoms with E-state index in [0.29, 0.717) is 29.8 Å². The van der Waals surface area contributed by atoms with Crippen LogP contribution in [-0.4, -0.2) is 42.3 Å². The number of rotatable bonds is 4. The maximum atomic E-state index is 9.34. The molecule has 0 bridgehead atoms. The number of piperidine rings is 1. The van der Waals surface area contributed by atoms with E-state index < -0.39 is 0 Å². The highest BCUT2D eigenvalue weighted by Crippen LogP contribution is 2.23. The molecule has 0 spiro atoms. The van der Waals surface area contributed by atoms with Gasteiger partial charge in [-0.3, -0.25) is 4.99 Å². The van der Waals surface area contributed by atoms with Crippen molar-refractivity contribution in [3.63, 3.8) is 0 Å². The van der Waals surface area contributed by atoms with E-state index in [1.54, 1.807) is 14.0 Å². The zero-order chi connectivity index (χ0) is 18.4.